The van der Waals surface area contributed by atoms with E-state index in [-0.39, 0.29) is 11.2 Å². The van der Waals surface area contributed by atoms with Crippen molar-refractivity contribution in [2.45, 2.75) is 44.6 Å². The molecule has 1 fully saturated rings. The first kappa shape index (κ1) is 12.7. The molecule has 0 saturated heterocycles. The van der Waals surface area contributed by atoms with Crippen molar-refractivity contribution < 1.29 is 14.6 Å². The van der Waals surface area contributed by atoms with E-state index in [2.05, 4.69) is 6.92 Å². The van der Waals surface area contributed by atoms with Crippen molar-refractivity contribution in [2.24, 2.45) is 0 Å². The molecule has 0 bridgehead atoms. The average molecular weight is 249 g/mol. The van der Waals surface area contributed by atoms with Crippen molar-refractivity contribution in [2.75, 3.05) is 5.73 Å². The molecule has 4 heteroatoms. The molecular weight excluding hydrogens is 230 g/mol. The summed E-state index contributed by atoms with van der Waals surface area (Å²) in [7, 11) is 0. The number of ether oxygens (including phenoxy) is 1. The minimum atomic E-state index is -0.975. The van der Waals surface area contributed by atoms with Crippen LogP contribution in [0.5, 0.6) is 5.75 Å². The van der Waals surface area contributed by atoms with Gasteiger partial charge in [-0.25, -0.2) is 4.79 Å². The van der Waals surface area contributed by atoms with Crippen LogP contribution in [0.3, 0.4) is 0 Å². The molecule has 0 amide bonds. The van der Waals surface area contributed by atoms with Gasteiger partial charge in [0.25, 0.3) is 0 Å². The highest BCUT2D eigenvalue weighted by Gasteiger charge is 2.29. The van der Waals surface area contributed by atoms with Gasteiger partial charge in [0, 0.05) is 0 Å². The van der Waals surface area contributed by atoms with Gasteiger partial charge in [0.15, 0.2) is 0 Å². The van der Waals surface area contributed by atoms with Crippen LogP contribution < -0.4 is 10.5 Å². The highest BCUT2D eigenvalue weighted by atomic mass is 16.5. The van der Waals surface area contributed by atoms with Crippen LogP contribution in [0.15, 0.2) is 18.2 Å². The number of hydrogen-bond donors (Lipinski definition) is 2. The smallest absolute Gasteiger partial charge is 0.335 e. The summed E-state index contributed by atoms with van der Waals surface area (Å²) in [5.41, 5.74) is 6.26. The van der Waals surface area contributed by atoms with Gasteiger partial charge in [-0.3, -0.25) is 0 Å². The number of rotatable bonds is 3. The fourth-order valence-corrected chi connectivity index (χ4v) is 2.44. The van der Waals surface area contributed by atoms with E-state index in [1.54, 1.807) is 6.07 Å². The minimum Gasteiger partial charge on any atom is -0.485 e. The SMILES string of the molecule is CC1(Oc2ccc(C(=O)O)cc2N)CCCCC1. The van der Waals surface area contributed by atoms with Crippen molar-refractivity contribution in [3.8, 4) is 5.75 Å². The second kappa shape index (κ2) is 4.88. The van der Waals surface area contributed by atoms with Crippen LogP contribution in [0.4, 0.5) is 5.69 Å². The zero-order valence-corrected chi connectivity index (χ0v) is 10.6. The molecule has 0 unspecified atom stereocenters. The van der Waals surface area contributed by atoms with Crippen LogP contribution in [0.25, 0.3) is 0 Å². The quantitative estimate of drug-likeness (QED) is 0.807. The lowest BCUT2D eigenvalue weighted by Gasteiger charge is -2.34. The minimum absolute atomic E-state index is 0.170. The Hall–Kier alpha value is -1.71. The summed E-state index contributed by atoms with van der Waals surface area (Å²) < 4.78 is 5.99. The molecule has 1 saturated carbocycles. The van der Waals surface area contributed by atoms with Gasteiger partial charge in [-0.15, -0.1) is 0 Å². The largest absolute Gasteiger partial charge is 0.485 e. The number of carbonyl (C=O) groups is 1. The monoisotopic (exact) mass is 249 g/mol. The van der Waals surface area contributed by atoms with Gasteiger partial charge < -0.3 is 15.6 Å². The highest BCUT2D eigenvalue weighted by molar-refractivity contribution is 5.89. The van der Waals surface area contributed by atoms with Crippen LogP contribution in [0.1, 0.15) is 49.4 Å². The number of benzene rings is 1. The van der Waals surface area contributed by atoms with E-state index in [9.17, 15) is 4.79 Å². The Morgan fingerprint density at radius 2 is 2.00 bits per heavy atom. The zero-order chi connectivity index (χ0) is 13.2. The molecular formula is C14H19NO3. The number of nitrogens with two attached hydrogens (primary N) is 1. The Kier molecular flexibility index (Phi) is 3.45. The molecule has 4 nitrogen and oxygen atoms in total. The summed E-state index contributed by atoms with van der Waals surface area (Å²) in [6, 6.07) is 4.63. The maximum Gasteiger partial charge on any atom is 0.335 e. The van der Waals surface area contributed by atoms with Crippen LogP contribution in [0, 0.1) is 0 Å². The van der Waals surface area contributed by atoms with Crippen molar-refractivity contribution in [1.29, 1.82) is 0 Å². The second-order valence-electron chi connectivity index (χ2n) is 5.17. The Morgan fingerprint density at radius 3 is 2.56 bits per heavy atom. The number of nitrogen functional groups attached to an aromatic ring is 1. The molecule has 0 atom stereocenters. The number of carboxylic acid groups (broad SMARTS) is 1. The molecule has 1 aromatic rings. The van der Waals surface area contributed by atoms with E-state index in [1.165, 1.54) is 31.4 Å². The second-order valence-corrected chi connectivity index (χ2v) is 5.17. The van der Waals surface area contributed by atoms with Gasteiger partial charge in [-0.2, -0.15) is 0 Å². The van der Waals surface area contributed by atoms with Gasteiger partial charge in [0.05, 0.1) is 11.3 Å². The van der Waals surface area contributed by atoms with Gasteiger partial charge in [0.1, 0.15) is 11.4 Å². The molecule has 1 aromatic carbocycles. The van der Waals surface area contributed by atoms with Gasteiger partial charge >= 0.3 is 5.97 Å². The predicted octanol–water partition coefficient (Wildman–Crippen LogP) is 3.07. The Bertz CT molecular complexity index is 450. The van der Waals surface area contributed by atoms with E-state index in [0.717, 1.165) is 12.8 Å². The molecule has 98 valence electrons. The molecule has 1 aliphatic rings. The Morgan fingerprint density at radius 1 is 1.33 bits per heavy atom. The van der Waals surface area contributed by atoms with E-state index >= 15 is 0 Å². The molecule has 2 rings (SSSR count). The normalized spacial score (nSPS) is 18.3. The lowest BCUT2D eigenvalue weighted by atomic mass is 9.86. The lowest BCUT2D eigenvalue weighted by Crippen LogP contribution is -2.34. The third-order valence-corrected chi connectivity index (χ3v) is 3.52. The maximum absolute atomic E-state index is 10.8. The maximum atomic E-state index is 10.8. The molecule has 0 spiro atoms. The third-order valence-electron chi connectivity index (χ3n) is 3.52. The number of carboxylic acids is 1. The van der Waals surface area contributed by atoms with Crippen LogP contribution in [-0.2, 0) is 0 Å². The van der Waals surface area contributed by atoms with Crippen molar-refractivity contribution >= 4 is 11.7 Å². The van der Waals surface area contributed by atoms with Gasteiger partial charge in [-0.05, 0) is 50.8 Å². The lowest BCUT2D eigenvalue weighted by molar-refractivity contribution is 0.0495. The first-order valence-corrected chi connectivity index (χ1v) is 6.32. The van der Waals surface area contributed by atoms with Crippen LogP contribution >= 0.6 is 0 Å². The summed E-state index contributed by atoms with van der Waals surface area (Å²) in [6.45, 7) is 2.09. The molecule has 0 heterocycles. The summed E-state index contributed by atoms with van der Waals surface area (Å²) >= 11 is 0. The van der Waals surface area contributed by atoms with E-state index < -0.39 is 5.97 Å². The molecule has 1 aliphatic carbocycles. The summed E-state index contributed by atoms with van der Waals surface area (Å²) in [5.74, 6) is -0.387. The average Bonchev–Trinajstić information content (AvgIpc) is 2.32. The van der Waals surface area contributed by atoms with Crippen LogP contribution in [0.2, 0.25) is 0 Å². The Labute approximate surface area is 107 Å². The summed E-state index contributed by atoms with van der Waals surface area (Å²) in [5, 5.41) is 8.88. The standard InChI is InChI=1S/C14H19NO3/c1-14(7-3-2-4-8-14)18-12-6-5-10(13(16)17)9-11(12)15/h5-6,9H,2-4,7-8,15H2,1H3,(H,16,17). The van der Waals surface area contributed by atoms with E-state index in [0.29, 0.717) is 11.4 Å². The first-order valence-electron chi connectivity index (χ1n) is 6.32. The first-order chi connectivity index (χ1) is 8.50. The van der Waals surface area contributed by atoms with Crippen LogP contribution in [-0.4, -0.2) is 16.7 Å². The Balaban J connectivity index is 2.16. The third kappa shape index (κ3) is 2.75. The fraction of sp³-hybridized carbons (Fsp3) is 0.500. The number of hydrogen-bond acceptors (Lipinski definition) is 3. The van der Waals surface area contributed by atoms with Crippen molar-refractivity contribution in [3.05, 3.63) is 23.8 Å². The predicted molar refractivity (Wildman–Crippen MR) is 69.9 cm³/mol. The molecule has 0 aromatic heterocycles. The fourth-order valence-electron chi connectivity index (χ4n) is 2.44. The van der Waals surface area contributed by atoms with Gasteiger partial charge in [0.2, 0.25) is 0 Å². The van der Waals surface area contributed by atoms with Crippen molar-refractivity contribution in [3.63, 3.8) is 0 Å². The van der Waals surface area contributed by atoms with E-state index in [1.807, 2.05) is 0 Å². The molecule has 0 radical (unpaired) electrons. The van der Waals surface area contributed by atoms with E-state index in [4.69, 9.17) is 15.6 Å². The summed E-state index contributed by atoms with van der Waals surface area (Å²) in [6.07, 6.45) is 5.64. The zero-order valence-electron chi connectivity index (χ0n) is 10.6. The highest BCUT2D eigenvalue weighted by Crippen LogP contribution is 2.35. The van der Waals surface area contributed by atoms with Crippen molar-refractivity contribution in [1.82, 2.24) is 0 Å². The molecule has 0 aliphatic heterocycles. The number of anilines is 1. The molecule has 3 N–H and O–H groups in total. The summed E-state index contributed by atoms with van der Waals surface area (Å²) in [4.78, 5) is 10.8. The topological polar surface area (TPSA) is 72.5 Å². The number of aromatic carboxylic acids is 1. The molecule has 18 heavy (non-hydrogen) atoms. The van der Waals surface area contributed by atoms with Gasteiger partial charge in [-0.1, -0.05) is 6.42 Å².